The van der Waals surface area contributed by atoms with E-state index >= 15 is 0 Å². The predicted octanol–water partition coefficient (Wildman–Crippen LogP) is 3.75. The number of fused-ring (bicyclic) bond motifs is 1. The van der Waals surface area contributed by atoms with E-state index in [1.807, 2.05) is 61.7 Å². The summed E-state index contributed by atoms with van der Waals surface area (Å²) in [6, 6.07) is 15.6. The maximum Gasteiger partial charge on any atom is 0.226 e. The van der Waals surface area contributed by atoms with E-state index in [2.05, 4.69) is 10.4 Å². The SMILES string of the molecule is CCOc1ccc(C2CC(=O)Nc3c2cnn3-c2ccccc2)cc1OC. The highest BCUT2D eigenvalue weighted by atomic mass is 16.5. The maximum atomic E-state index is 12.4. The number of hydrogen-bond donors (Lipinski definition) is 1. The molecule has 1 aliphatic heterocycles. The minimum Gasteiger partial charge on any atom is -0.493 e. The standard InChI is InChI=1S/C21H21N3O3/c1-3-27-18-10-9-14(11-19(18)26-2)16-12-20(25)23-21-17(16)13-22-24(21)15-7-5-4-6-8-15/h4-11,13,16H,3,12H2,1-2H3,(H,23,25). The summed E-state index contributed by atoms with van der Waals surface area (Å²) in [5, 5.41) is 7.49. The average molecular weight is 363 g/mol. The van der Waals surface area contributed by atoms with Crippen LogP contribution < -0.4 is 14.8 Å². The third kappa shape index (κ3) is 3.14. The molecule has 6 heteroatoms. The van der Waals surface area contributed by atoms with Crippen molar-refractivity contribution >= 4 is 11.7 Å². The van der Waals surface area contributed by atoms with Gasteiger partial charge in [0.25, 0.3) is 0 Å². The van der Waals surface area contributed by atoms with E-state index in [0.29, 0.717) is 24.5 Å². The average Bonchev–Trinajstić information content (AvgIpc) is 3.12. The summed E-state index contributed by atoms with van der Waals surface area (Å²) in [6.45, 7) is 2.50. The minimum atomic E-state index is -0.0872. The lowest BCUT2D eigenvalue weighted by molar-refractivity contribution is -0.116. The highest BCUT2D eigenvalue weighted by Crippen LogP contribution is 2.40. The summed E-state index contributed by atoms with van der Waals surface area (Å²) in [5.74, 6) is 1.96. The first-order valence-electron chi connectivity index (χ1n) is 8.95. The molecule has 2 heterocycles. The van der Waals surface area contributed by atoms with Gasteiger partial charge in [-0.25, -0.2) is 4.68 Å². The molecule has 0 saturated carbocycles. The number of ether oxygens (including phenoxy) is 2. The molecular weight excluding hydrogens is 342 g/mol. The summed E-state index contributed by atoms with van der Waals surface area (Å²) in [6.07, 6.45) is 2.19. The number of methoxy groups -OCH3 is 1. The summed E-state index contributed by atoms with van der Waals surface area (Å²) in [7, 11) is 1.62. The Morgan fingerprint density at radius 1 is 1.19 bits per heavy atom. The van der Waals surface area contributed by atoms with E-state index in [9.17, 15) is 4.79 Å². The van der Waals surface area contributed by atoms with Crippen LogP contribution in [0.5, 0.6) is 11.5 Å². The van der Waals surface area contributed by atoms with Crippen LogP contribution in [-0.4, -0.2) is 29.4 Å². The van der Waals surface area contributed by atoms with E-state index in [4.69, 9.17) is 9.47 Å². The van der Waals surface area contributed by atoms with Crippen LogP contribution in [0.25, 0.3) is 5.69 Å². The fourth-order valence-electron chi connectivity index (χ4n) is 3.46. The number of nitrogens with zero attached hydrogens (tertiary/aromatic N) is 2. The lowest BCUT2D eigenvalue weighted by atomic mass is 9.87. The van der Waals surface area contributed by atoms with Crippen molar-refractivity contribution in [3.63, 3.8) is 0 Å². The van der Waals surface area contributed by atoms with Gasteiger partial charge in [0.15, 0.2) is 11.5 Å². The van der Waals surface area contributed by atoms with Crippen LogP contribution in [-0.2, 0) is 4.79 Å². The fraction of sp³-hybridized carbons (Fsp3) is 0.238. The molecule has 1 aromatic heterocycles. The van der Waals surface area contributed by atoms with Crippen LogP contribution in [0.4, 0.5) is 5.82 Å². The lowest BCUT2D eigenvalue weighted by Crippen LogP contribution is -2.24. The number of carbonyl (C=O) groups excluding carboxylic acids is 1. The number of carbonyl (C=O) groups is 1. The van der Waals surface area contributed by atoms with Crippen molar-refractivity contribution in [2.75, 3.05) is 19.0 Å². The molecule has 1 unspecified atom stereocenters. The predicted molar refractivity (Wildman–Crippen MR) is 103 cm³/mol. The van der Waals surface area contributed by atoms with Crippen molar-refractivity contribution in [3.05, 3.63) is 65.9 Å². The van der Waals surface area contributed by atoms with Gasteiger partial charge in [-0.05, 0) is 36.8 Å². The van der Waals surface area contributed by atoms with Crippen LogP contribution in [0.15, 0.2) is 54.7 Å². The zero-order valence-corrected chi connectivity index (χ0v) is 15.3. The van der Waals surface area contributed by atoms with Gasteiger partial charge in [-0.3, -0.25) is 4.79 Å². The van der Waals surface area contributed by atoms with Gasteiger partial charge in [0.1, 0.15) is 5.82 Å². The van der Waals surface area contributed by atoms with Gasteiger partial charge in [0.2, 0.25) is 5.91 Å². The zero-order valence-electron chi connectivity index (χ0n) is 15.3. The molecule has 1 atom stereocenters. The van der Waals surface area contributed by atoms with E-state index in [1.54, 1.807) is 11.8 Å². The number of hydrogen-bond acceptors (Lipinski definition) is 4. The highest BCUT2D eigenvalue weighted by molar-refractivity contribution is 5.94. The Morgan fingerprint density at radius 3 is 2.74 bits per heavy atom. The second-order valence-corrected chi connectivity index (χ2v) is 6.34. The van der Waals surface area contributed by atoms with Crippen molar-refractivity contribution in [1.82, 2.24) is 9.78 Å². The highest BCUT2D eigenvalue weighted by Gasteiger charge is 2.30. The molecule has 0 bridgehead atoms. The Hall–Kier alpha value is -3.28. The first-order chi connectivity index (χ1) is 13.2. The molecule has 1 amide bonds. The Labute approximate surface area is 157 Å². The second kappa shape index (κ2) is 7.15. The van der Waals surface area contributed by atoms with Crippen molar-refractivity contribution in [1.29, 1.82) is 0 Å². The number of rotatable bonds is 5. The van der Waals surface area contributed by atoms with Gasteiger partial charge in [0, 0.05) is 17.9 Å². The fourth-order valence-corrected chi connectivity index (χ4v) is 3.46. The van der Waals surface area contributed by atoms with Crippen molar-refractivity contribution in [3.8, 4) is 17.2 Å². The number of amides is 1. The maximum absolute atomic E-state index is 12.4. The number of aromatic nitrogens is 2. The zero-order chi connectivity index (χ0) is 18.8. The van der Waals surface area contributed by atoms with Crippen LogP contribution in [0.2, 0.25) is 0 Å². The van der Waals surface area contributed by atoms with Crippen molar-refractivity contribution in [2.45, 2.75) is 19.3 Å². The molecule has 0 aliphatic carbocycles. The molecule has 1 N–H and O–H groups in total. The molecule has 0 saturated heterocycles. The summed E-state index contributed by atoms with van der Waals surface area (Å²) < 4.78 is 12.8. The minimum absolute atomic E-state index is 0.0296. The molecule has 0 radical (unpaired) electrons. The third-order valence-electron chi connectivity index (χ3n) is 4.71. The summed E-state index contributed by atoms with van der Waals surface area (Å²) >= 11 is 0. The van der Waals surface area contributed by atoms with E-state index in [0.717, 1.165) is 22.6 Å². The van der Waals surface area contributed by atoms with Crippen LogP contribution in [0.1, 0.15) is 30.4 Å². The molecule has 3 aromatic rings. The number of benzene rings is 2. The Balaban J connectivity index is 1.76. The molecule has 2 aromatic carbocycles. The first-order valence-corrected chi connectivity index (χ1v) is 8.95. The Morgan fingerprint density at radius 2 is 2.00 bits per heavy atom. The van der Waals surface area contributed by atoms with Gasteiger partial charge in [-0.1, -0.05) is 24.3 Å². The van der Waals surface area contributed by atoms with E-state index in [1.165, 1.54) is 0 Å². The Bertz CT molecular complexity index is 966. The first kappa shape index (κ1) is 17.1. The van der Waals surface area contributed by atoms with Gasteiger partial charge >= 0.3 is 0 Å². The summed E-state index contributed by atoms with van der Waals surface area (Å²) in [4.78, 5) is 12.4. The summed E-state index contributed by atoms with van der Waals surface area (Å²) in [5.41, 5.74) is 2.90. The molecule has 138 valence electrons. The normalized spacial score (nSPS) is 15.8. The number of anilines is 1. The lowest BCUT2D eigenvalue weighted by Gasteiger charge is -2.24. The van der Waals surface area contributed by atoms with Crippen LogP contribution >= 0.6 is 0 Å². The van der Waals surface area contributed by atoms with Gasteiger partial charge < -0.3 is 14.8 Å². The topological polar surface area (TPSA) is 65.4 Å². The quantitative estimate of drug-likeness (QED) is 0.750. The second-order valence-electron chi connectivity index (χ2n) is 6.34. The van der Waals surface area contributed by atoms with Crippen molar-refractivity contribution in [2.24, 2.45) is 0 Å². The van der Waals surface area contributed by atoms with Gasteiger partial charge in [-0.2, -0.15) is 5.10 Å². The molecule has 27 heavy (non-hydrogen) atoms. The largest absolute Gasteiger partial charge is 0.493 e. The monoisotopic (exact) mass is 363 g/mol. The molecule has 0 fully saturated rings. The molecule has 6 nitrogen and oxygen atoms in total. The molecular formula is C21H21N3O3. The van der Waals surface area contributed by atoms with E-state index in [-0.39, 0.29) is 11.8 Å². The van der Waals surface area contributed by atoms with Crippen molar-refractivity contribution < 1.29 is 14.3 Å². The van der Waals surface area contributed by atoms with Crippen LogP contribution in [0.3, 0.4) is 0 Å². The molecule has 1 aliphatic rings. The number of nitrogens with one attached hydrogen (secondary N) is 1. The smallest absolute Gasteiger partial charge is 0.226 e. The number of para-hydroxylation sites is 1. The Kier molecular flexibility index (Phi) is 4.54. The molecule has 0 spiro atoms. The third-order valence-corrected chi connectivity index (χ3v) is 4.71. The van der Waals surface area contributed by atoms with Gasteiger partial charge in [0.05, 0.1) is 25.6 Å². The molecule has 4 rings (SSSR count). The van der Waals surface area contributed by atoms with Crippen LogP contribution in [0, 0.1) is 0 Å². The van der Waals surface area contributed by atoms with E-state index < -0.39 is 0 Å². The van der Waals surface area contributed by atoms with Gasteiger partial charge in [-0.15, -0.1) is 0 Å².